The number of hydrogen-bond acceptors (Lipinski definition) is 3. The first kappa shape index (κ1) is 22.2. The van der Waals surface area contributed by atoms with Crippen LogP contribution in [0.15, 0.2) is 60.0 Å². The van der Waals surface area contributed by atoms with Crippen molar-refractivity contribution in [3.05, 3.63) is 71.1 Å². The zero-order valence-electron chi connectivity index (χ0n) is 16.7. The Kier molecular flexibility index (Phi) is 7.02. The summed E-state index contributed by atoms with van der Waals surface area (Å²) >= 11 is 1.68. The van der Waals surface area contributed by atoms with Crippen LogP contribution in [-0.4, -0.2) is 12.5 Å². The van der Waals surface area contributed by atoms with Gasteiger partial charge in [-0.1, -0.05) is 44.2 Å². The molecule has 1 N–H and O–H groups in total. The lowest BCUT2D eigenvalue weighted by atomic mass is 9.90. The van der Waals surface area contributed by atoms with Gasteiger partial charge >= 0.3 is 12.5 Å². The van der Waals surface area contributed by atoms with E-state index in [2.05, 4.69) is 22.2 Å². The molecule has 160 valence electrons. The monoisotopic (exact) mass is 437 g/mol. The van der Waals surface area contributed by atoms with E-state index in [0.717, 1.165) is 24.1 Å². The Hall–Kier alpha value is -2.54. The van der Waals surface area contributed by atoms with Crippen molar-refractivity contribution in [2.45, 2.75) is 45.3 Å². The highest BCUT2D eigenvalue weighted by atomic mass is 32.1. The summed E-state index contributed by atoms with van der Waals surface area (Å²) < 4.78 is 55.4. The third kappa shape index (κ3) is 4.78. The van der Waals surface area contributed by atoms with Gasteiger partial charge in [0.1, 0.15) is 5.75 Å². The predicted molar refractivity (Wildman–Crippen MR) is 114 cm³/mol. The average Bonchev–Trinajstić information content (AvgIpc) is 3.29. The zero-order chi connectivity index (χ0) is 21.7. The number of halogens is 4. The Balaban J connectivity index is 0.00000124. The van der Waals surface area contributed by atoms with Gasteiger partial charge in [0.2, 0.25) is 0 Å². The van der Waals surface area contributed by atoms with Crippen LogP contribution in [0.2, 0.25) is 0 Å². The van der Waals surface area contributed by atoms with Gasteiger partial charge in [-0.3, -0.25) is 0 Å². The van der Waals surface area contributed by atoms with Crippen LogP contribution in [0.1, 0.15) is 37.4 Å². The molecule has 4 rings (SSSR count). The first-order valence-electron chi connectivity index (χ1n) is 9.81. The van der Waals surface area contributed by atoms with Crippen molar-refractivity contribution >= 4 is 17.0 Å². The molecule has 0 spiro atoms. The van der Waals surface area contributed by atoms with Crippen LogP contribution in [0, 0.1) is 0 Å². The molecular formula is C23H23F4NOS. The van der Waals surface area contributed by atoms with Crippen LogP contribution in [0.5, 0.6) is 5.75 Å². The number of nitrogens with one attached hydrogen (secondary N) is 1. The lowest BCUT2D eigenvalue weighted by Crippen LogP contribution is -2.33. The normalized spacial score (nSPS) is 15.6. The molecule has 3 aromatic rings. The Morgan fingerprint density at radius 3 is 2.53 bits per heavy atom. The topological polar surface area (TPSA) is 21.3 Å². The first-order chi connectivity index (χ1) is 14.4. The number of ether oxygens (including phenoxy) is 1. The van der Waals surface area contributed by atoms with E-state index < -0.39 is 12.5 Å². The van der Waals surface area contributed by atoms with E-state index >= 15 is 0 Å². The van der Waals surface area contributed by atoms with Gasteiger partial charge in [-0.05, 0) is 59.2 Å². The van der Waals surface area contributed by atoms with Crippen molar-refractivity contribution < 1.29 is 22.3 Å². The van der Waals surface area contributed by atoms with E-state index in [1.807, 2.05) is 37.4 Å². The molecule has 2 heterocycles. The van der Waals surface area contributed by atoms with Gasteiger partial charge in [-0.25, -0.2) is 0 Å². The van der Waals surface area contributed by atoms with Crippen LogP contribution in [-0.2, 0) is 6.42 Å². The van der Waals surface area contributed by atoms with Crippen molar-refractivity contribution in [1.29, 1.82) is 0 Å². The van der Waals surface area contributed by atoms with Gasteiger partial charge in [0.15, 0.2) is 0 Å². The molecule has 0 radical (unpaired) electrons. The summed E-state index contributed by atoms with van der Waals surface area (Å²) in [7, 11) is 0. The average molecular weight is 438 g/mol. The highest BCUT2D eigenvalue weighted by molar-refractivity contribution is 7.13. The van der Waals surface area contributed by atoms with Crippen molar-refractivity contribution in [3.63, 3.8) is 0 Å². The van der Waals surface area contributed by atoms with E-state index in [4.69, 9.17) is 0 Å². The minimum absolute atomic E-state index is 0.116. The third-order valence-corrected chi connectivity index (χ3v) is 5.65. The quantitative estimate of drug-likeness (QED) is 0.412. The number of thiophene rings is 1. The summed E-state index contributed by atoms with van der Waals surface area (Å²) in [6, 6.07) is 16.0. The highest BCUT2D eigenvalue weighted by Crippen LogP contribution is 2.40. The van der Waals surface area contributed by atoms with Gasteiger partial charge in [0.05, 0.1) is 6.04 Å². The number of alkyl halides is 4. The molecule has 30 heavy (non-hydrogen) atoms. The Labute approximate surface area is 177 Å². The van der Waals surface area contributed by atoms with Gasteiger partial charge < -0.3 is 10.1 Å². The van der Waals surface area contributed by atoms with Crippen LogP contribution < -0.4 is 10.1 Å². The maximum Gasteiger partial charge on any atom is 0.461 e. The summed E-state index contributed by atoms with van der Waals surface area (Å²) in [5.41, 5.74) is 4.12. The molecule has 2 nitrogen and oxygen atoms in total. The molecule has 0 aliphatic carbocycles. The number of rotatable bonds is 5. The molecule has 1 aliphatic heterocycles. The number of fused-ring (bicyclic) bond motifs is 1. The lowest BCUT2D eigenvalue weighted by Gasteiger charge is -2.29. The fraction of sp³-hybridized carbons (Fsp3) is 0.304. The summed E-state index contributed by atoms with van der Waals surface area (Å²) in [6.45, 7) is 4.00. The minimum atomic E-state index is -4.51. The summed E-state index contributed by atoms with van der Waals surface area (Å²) in [6.07, 6.45) is -6.82. The second-order valence-electron chi connectivity index (χ2n) is 6.58. The van der Waals surface area contributed by atoms with Crippen molar-refractivity contribution in [2.24, 2.45) is 0 Å². The van der Waals surface area contributed by atoms with Crippen LogP contribution in [0.25, 0.3) is 10.4 Å². The number of benzene rings is 2. The summed E-state index contributed by atoms with van der Waals surface area (Å²) in [5, 5.41) is 5.48. The van der Waals surface area contributed by atoms with E-state index in [0.29, 0.717) is 0 Å². The zero-order valence-corrected chi connectivity index (χ0v) is 17.5. The molecule has 0 amide bonds. The summed E-state index contributed by atoms with van der Waals surface area (Å²) in [5.74, 6) is -0.275. The number of hydrogen-bond donors (Lipinski definition) is 1. The molecule has 0 fully saturated rings. The summed E-state index contributed by atoms with van der Waals surface area (Å²) in [4.78, 5) is 1.20. The molecule has 2 aromatic carbocycles. The van der Waals surface area contributed by atoms with Crippen LogP contribution in [0.4, 0.5) is 23.2 Å². The van der Waals surface area contributed by atoms with E-state index in [-0.39, 0.29) is 11.8 Å². The third-order valence-electron chi connectivity index (χ3n) is 4.74. The molecule has 0 bridgehead atoms. The molecule has 1 aliphatic rings. The van der Waals surface area contributed by atoms with Gasteiger partial charge in [0, 0.05) is 10.6 Å². The molecule has 7 heteroatoms. The SMILES string of the molecule is CC.FC(F)C(F)(F)Oc1cccc(C2CCc3c(cccc3-c3cccs3)N2)c1. The Morgan fingerprint density at radius 2 is 1.83 bits per heavy atom. The van der Waals surface area contributed by atoms with Gasteiger partial charge in [0.25, 0.3) is 0 Å². The van der Waals surface area contributed by atoms with Crippen LogP contribution in [0.3, 0.4) is 0 Å². The molecule has 0 saturated carbocycles. The van der Waals surface area contributed by atoms with Gasteiger partial charge in [-0.2, -0.15) is 17.6 Å². The molecule has 0 saturated heterocycles. The molecule has 1 unspecified atom stereocenters. The Morgan fingerprint density at radius 1 is 1.07 bits per heavy atom. The molecule has 1 atom stereocenters. The Bertz CT molecular complexity index is 960. The molecular weight excluding hydrogens is 414 g/mol. The largest absolute Gasteiger partial charge is 0.461 e. The number of anilines is 1. The molecule has 1 aromatic heterocycles. The van der Waals surface area contributed by atoms with E-state index in [1.165, 1.54) is 34.2 Å². The van der Waals surface area contributed by atoms with Gasteiger partial charge in [-0.15, -0.1) is 11.3 Å². The fourth-order valence-electron chi connectivity index (χ4n) is 3.45. The second-order valence-corrected chi connectivity index (χ2v) is 7.53. The van der Waals surface area contributed by atoms with Crippen molar-refractivity contribution in [1.82, 2.24) is 0 Å². The van der Waals surface area contributed by atoms with Crippen LogP contribution >= 0.6 is 11.3 Å². The first-order valence-corrected chi connectivity index (χ1v) is 10.7. The minimum Gasteiger partial charge on any atom is -0.428 e. The van der Waals surface area contributed by atoms with E-state index in [9.17, 15) is 17.6 Å². The standard InChI is InChI=1S/C21H17F4NOS.C2H6/c22-20(23)21(24,25)27-14-5-1-4-13(12-14)17-10-9-15-16(19-8-3-11-28-19)6-2-7-18(15)26-17;1-2/h1-8,11-12,17,20,26H,9-10H2;1-2H3. The maximum atomic E-state index is 13.2. The second kappa shape index (κ2) is 9.51. The predicted octanol–water partition coefficient (Wildman–Crippen LogP) is 7.78. The smallest absolute Gasteiger partial charge is 0.428 e. The van der Waals surface area contributed by atoms with Crippen molar-refractivity contribution in [3.8, 4) is 16.2 Å². The lowest BCUT2D eigenvalue weighted by molar-refractivity contribution is -0.253. The fourth-order valence-corrected chi connectivity index (χ4v) is 4.23. The highest BCUT2D eigenvalue weighted by Gasteiger charge is 2.44. The van der Waals surface area contributed by atoms with Crippen molar-refractivity contribution in [2.75, 3.05) is 5.32 Å². The maximum absolute atomic E-state index is 13.2. The van der Waals surface area contributed by atoms with E-state index in [1.54, 1.807) is 17.4 Å².